The molecule has 150 valence electrons. The maximum absolute atomic E-state index is 12.5. The number of halogens is 1. The number of ether oxygens (including phenoxy) is 1. The highest BCUT2D eigenvalue weighted by atomic mass is 79.9. The molecule has 0 aliphatic rings. The first-order valence-corrected chi connectivity index (χ1v) is 9.97. The number of imidazole rings is 1. The molecule has 8 heteroatoms. The first-order chi connectivity index (χ1) is 14.0. The second-order valence-corrected chi connectivity index (χ2v) is 7.22. The van der Waals surface area contributed by atoms with E-state index < -0.39 is 5.97 Å². The number of pyridine rings is 1. The highest BCUT2D eigenvalue weighted by Crippen LogP contribution is 2.22. The normalized spacial score (nSPS) is 10.7. The molecular weight excluding hydrogens is 438 g/mol. The number of nitrogens with one attached hydrogen (secondary N) is 1. The summed E-state index contributed by atoms with van der Waals surface area (Å²) >= 11 is 3.40. The van der Waals surface area contributed by atoms with Crippen LogP contribution in [0.2, 0.25) is 0 Å². The number of ketones is 1. The number of hydrogen-bond donors (Lipinski definition) is 1. The minimum Gasteiger partial charge on any atom is -0.466 e. The van der Waals surface area contributed by atoms with Gasteiger partial charge in [0, 0.05) is 29.1 Å². The van der Waals surface area contributed by atoms with Gasteiger partial charge >= 0.3 is 5.97 Å². The summed E-state index contributed by atoms with van der Waals surface area (Å²) in [7, 11) is 0. The number of carbonyl (C=O) groups is 3. The van der Waals surface area contributed by atoms with Crippen LogP contribution in [-0.2, 0) is 20.7 Å². The fourth-order valence-corrected chi connectivity index (χ4v) is 3.20. The van der Waals surface area contributed by atoms with Gasteiger partial charge in [-0.2, -0.15) is 0 Å². The van der Waals surface area contributed by atoms with Gasteiger partial charge in [0.1, 0.15) is 11.5 Å². The third kappa shape index (κ3) is 5.29. The minimum atomic E-state index is -0.426. The lowest BCUT2D eigenvalue weighted by Crippen LogP contribution is -2.17. The molecule has 1 aromatic carbocycles. The molecule has 0 unspecified atom stereocenters. The topological polar surface area (TPSA) is 89.8 Å². The van der Waals surface area contributed by atoms with E-state index >= 15 is 0 Å². The van der Waals surface area contributed by atoms with E-state index in [0.29, 0.717) is 22.7 Å². The number of esters is 1. The molecule has 0 aliphatic heterocycles. The quantitative estimate of drug-likeness (QED) is 0.410. The minimum absolute atomic E-state index is 0.0216. The van der Waals surface area contributed by atoms with Crippen molar-refractivity contribution >= 4 is 45.1 Å². The highest BCUT2D eigenvalue weighted by molar-refractivity contribution is 9.10. The maximum atomic E-state index is 12.5. The van der Waals surface area contributed by atoms with Gasteiger partial charge in [-0.05, 0) is 35.0 Å². The molecule has 2 heterocycles. The summed E-state index contributed by atoms with van der Waals surface area (Å²) in [6.45, 7) is 1.99. The zero-order valence-electron chi connectivity index (χ0n) is 15.9. The van der Waals surface area contributed by atoms with Gasteiger partial charge in [-0.15, -0.1) is 0 Å². The molecule has 0 saturated heterocycles. The Morgan fingerprint density at radius 2 is 1.86 bits per heavy atom. The van der Waals surface area contributed by atoms with Gasteiger partial charge in [0.05, 0.1) is 18.7 Å². The Bertz CT molecular complexity index is 1050. The Morgan fingerprint density at radius 3 is 2.59 bits per heavy atom. The van der Waals surface area contributed by atoms with E-state index in [1.54, 1.807) is 47.9 Å². The van der Waals surface area contributed by atoms with E-state index in [0.717, 1.165) is 4.47 Å². The predicted molar refractivity (Wildman–Crippen MR) is 112 cm³/mol. The Balaban J connectivity index is 1.76. The number of aromatic nitrogens is 2. The summed E-state index contributed by atoms with van der Waals surface area (Å²) in [4.78, 5) is 41.1. The summed E-state index contributed by atoms with van der Waals surface area (Å²) in [6, 6.07) is 12.4. The molecule has 1 amide bonds. The molecule has 0 bridgehead atoms. The van der Waals surface area contributed by atoms with Crippen LogP contribution in [0, 0.1) is 0 Å². The van der Waals surface area contributed by atoms with E-state index in [2.05, 4.69) is 26.2 Å². The van der Waals surface area contributed by atoms with Crippen molar-refractivity contribution in [1.29, 1.82) is 0 Å². The Morgan fingerprint density at radius 1 is 1.10 bits per heavy atom. The SMILES string of the molecule is CCOC(=O)Cc1nc2ccc(Br)cn2c1NC(=O)CCC(=O)c1ccccc1. The number of amides is 1. The standard InChI is InChI=1S/C21H20BrN3O4/c1-2-29-20(28)12-16-21(25-13-15(22)8-10-18(25)23-16)24-19(27)11-9-17(26)14-6-4-3-5-7-14/h3-8,10,13H,2,9,11-12H2,1H3,(H,24,27). The molecule has 0 fully saturated rings. The molecule has 1 N–H and O–H groups in total. The summed E-state index contributed by atoms with van der Waals surface area (Å²) in [6.07, 6.45) is 1.80. The van der Waals surface area contributed by atoms with Crippen molar-refractivity contribution in [1.82, 2.24) is 9.38 Å². The number of anilines is 1. The van der Waals surface area contributed by atoms with Crippen LogP contribution in [0.15, 0.2) is 53.1 Å². The van der Waals surface area contributed by atoms with Gasteiger partial charge < -0.3 is 10.1 Å². The number of rotatable bonds is 8. The number of carbonyl (C=O) groups excluding carboxylic acids is 3. The Hall–Kier alpha value is -3.00. The molecule has 3 rings (SSSR count). The summed E-state index contributed by atoms with van der Waals surface area (Å²) in [5, 5.41) is 2.80. The molecule has 0 radical (unpaired) electrons. The number of benzene rings is 1. The van der Waals surface area contributed by atoms with E-state index in [1.165, 1.54) is 0 Å². The van der Waals surface area contributed by atoms with Crippen LogP contribution in [0.5, 0.6) is 0 Å². The summed E-state index contributed by atoms with van der Waals surface area (Å²) < 4.78 is 7.48. The van der Waals surface area contributed by atoms with Crippen molar-refractivity contribution in [3.8, 4) is 0 Å². The van der Waals surface area contributed by atoms with E-state index in [9.17, 15) is 14.4 Å². The third-order valence-electron chi connectivity index (χ3n) is 4.20. The van der Waals surface area contributed by atoms with Crippen molar-refractivity contribution in [3.05, 3.63) is 64.4 Å². The molecule has 29 heavy (non-hydrogen) atoms. The molecule has 0 saturated carbocycles. The molecule has 3 aromatic rings. The average Bonchev–Trinajstić information content (AvgIpc) is 3.03. The van der Waals surface area contributed by atoms with Crippen molar-refractivity contribution < 1.29 is 19.1 Å². The molecular formula is C21H20BrN3O4. The smallest absolute Gasteiger partial charge is 0.312 e. The lowest BCUT2D eigenvalue weighted by Gasteiger charge is -2.08. The van der Waals surface area contributed by atoms with Gasteiger partial charge in [0.25, 0.3) is 0 Å². The van der Waals surface area contributed by atoms with Crippen molar-refractivity contribution in [2.24, 2.45) is 0 Å². The van der Waals surface area contributed by atoms with Crippen LogP contribution in [0.25, 0.3) is 5.65 Å². The molecule has 7 nitrogen and oxygen atoms in total. The van der Waals surface area contributed by atoms with Crippen LogP contribution in [0.1, 0.15) is 35.8 Å². The first-order valence-electron chi connectivity index (χ1n) is 9.18. The number of Topliss-reactive ketones (excluding diaryl/α,β-unsaturated/α-hetero) is 1. The number of nitrogens with zero attached hydrogens (tertiary/aromatic N) is 2. The largest absolute Gasteiger partial charge is 0.466 e. The van der Waals surface area contributed by atoms with Crippen LogP contribution >= 0.6 is 15.9 Å². The monoisotopic (exact) mass is 457 g/mol. The summed E-state index contributed by atoms with van der Waals surface area (Å²) in [5.74, 6) is -0.467. The van der Waals surface area contributed by atoms with Crippen LogP contribution in [0.3, 0.4) is 0 Å². The predicted octanol–water partition coefficient (Wildman–Crippen LogP) is 3.80. The average molecular weight is 458 g/mol. The van der Waals surface area contributed by atoms with Crippen LogP contribution in [0.4, 0.5) is 5.82 Å². The second kappa shape index (κ2) is 9.47. The Labute approximate surface area is 176 Å². The van der Waals surface area contributed by atoms with Gasteiger partial charge in [-0.3, -0.25) is 18.8 Å². The van der Waals surface area contributed by atoms with Crippen molar-refractivity contribution in [3.63, 3.8) is 0 Å². The zero-order valence-corrected chi connectivity index (χ0v) is 17.4. The van der Waals surface area contributed by atoms with Crippen molar-refractivity contribution in [2.45, 2.75) is 26.2 Å². The fraction of sp³-hybridized carbons (Fsp3) is 0.238. The maximum Gasteiger partial charge on any atom is 0.312 e. The highest BCUT2D eigenvalue weighted by Gasteiger charge is 2.19. The lowest BCUT2D eigenvalue weighted by atomic mass is 10.1. The van der Waals surface area contributed by atoms with E-state index in [4.69, 9.17) is 4.74 Å². The molecule has 0 aliphatic carbocycles. The van der Waals surface area contributed by atoms with E-state index in [-0.39, 0.29) is 37.6 Å². The molecule has 2 aromatic heterocycles. The van der Waals surface area contributed by atoms with Gasteiger partial charge in [-0.25, -0.2) is 4.98 Å². The van der Waals surface area contributed by atoms with Crippen LogP contribution in [-0.4, -0.2) is 33.7 Å². The van der Waals surface area contributed by atoms with Gasteiger partial charge in [0.2, 0.25) is 5.91 Å². The van der Waals surface area contributed by atoms with E-state index in [1.807, 2.05) is 12.1 Å². The van der Waals surface area contributed by atoms with Crippen molar-refractivity contribution in [2.75, 3.05) is 11.9 Å². The van der Waals surface area contributed by atoms with Gasteiger partial charge in [0.15, 0.2) is 5.78 Å². The second-order valence-electron chi connectivity index (χ2n) is 6.30. The van der Waals surface area contributed by atoms with Gasteiger partial charge in [-0.1, -0.05) is 30.3 Å². The summed E-state index contributed by atoms with van der Waals surface area (Å²) in [5.41, 5.74) is 1.56. The molecule has 0 spiro atoms. The fourth-order valence-electron chi connectivity index (χ4n) is 2.86. The number of hydrogen-bond acceptors (Lipinski definition) is 5. The first kappa shape index (κ1) is 20.7. The van der Waals surface area contributed by atoms with Crippen LogP contribution < -0.4 is 5.32 Å². The lowest BCUT2D eigenvalue weighted by molar-refractivity contribution is -0.142. The molecule has 0 atom stereocenters. The third-order valence-corrected chi connectivity index (χ3v) is 4.67. The zero-order chi connectivity index (χ0) is 20.8. The Kier molecular flexibility index (Phi) is 6.77. The number of fused-ring (bicyclic) bond motifs is 1.